The molecule has 1 saturated carbocycles. The van der Waals surface area contributed by atoms with E-state index in [1.165, 1.54) is 0 Å². The van der Waals surface area contributed by atoms with Crippen molar-refractivity contribution in [2.24, 2.45) is 5.92 Å². The molecule has 1 aliphatic rings. The van der Waals surface area contributed by atoms with E-state index in [0.717, 1.165) is 27.7 Å². The summed E-state index contributed by atoms with van der Waals surface area (Å²) in [4.78, 5) is 20.8. The van der Waals surface area contributed by atoms with Gasteiger partial charge in [0, 0.05) is 23.3 Å². The van der Waals surface area contributed by atoms with E-state index in [0.29, 0.717) is 24.3 Å². The maximum Gasteiger partial charge on any atom is 0.253 e. The molecule has 146 valence electrons. The summed E-state index contributed by atoms with van der Waals surface area (Å²) in [6.07, 6.45) is 2.77. The summed E-state index contributed by atoms with van der Waals surface area (Å²) in [5.74, 6) is 0.582. The molecule has 4 rings (SSSR count). The Morgan fingerprint density at radius 3 is 2.71 bits per heavy atom. The van der Waals surface area contributed by atoms with Crippen LogP contribution < -0.4 is 10.1 Å². The van der Waals surface area contributed by atoms with Gasteiger partial charge < -0.3 is 20.1 Å². The number of aryl methyl sites for hydroxylation is 2. The van der Waals surface area contributed by atoms with E-state index >= 15 is 0 Å². The quantitative estimate of drug-likeness (QED) is 0.634. The molecule has 3 aromatic rings. The van der Waals surface area contributed by atoms with Crippen molar-refractivity contribution < 1.29 is 14.6 Å². The number of carbonyl (C=O) groups excluding carboxylic acids is 1. The maximum absolute atomic E-state index is 13.2. The van der Waals surface area contributed by atoms with E-state index in [1.54, 1.807) is 19.4 Å². The Hall–Kier alpha value is -2.86. The van der Waals surface area contributed by atoms with Crippen molar-refractivity contribution >= 4 is 16.8 Å². The highest BCUT2D eigenvalue weighted by molar-refractivity contribution is 6.06. The first-order valence-corrected chi connectivity index (χ1v) is 9.54. The number of aliphatic hydroxyl groups excluding tert-OH is 1. The molecule has 0 aliphatic heterocycles. The summed E-state index contributed by atoms with van der Waals surface area (Å²) in [7, 11) is 1.57. The van der Waals surface area contributed by atoms with Crippen LogP contribution in [-0.4, -0.2) is 34.2 Å². The second-order valence-electron chi connectivity index (χ2n) is 7.57. The van der Waals surface area contributed by atoms with Crippen LogP contribution in [0.5, 0.6) is 5.88 Å². The minimum absolute atomic E-state index is 0.131. The topological polar surface area (TPSA) is 87.2 Å². The van der Waals surface area contributed by atoms with E-state index in [2.05, 4.69) is 22.2 Å². The van der Waals surface area contributed by atoms with Gasteiger partial charge in [0.15, 0.2) is 0 Å². The number of H-pyrrole nitrogens is 1. The smallest absolute Gasteiger partial charge is 0.253 e. The molecule has 0 saturated heterocycles. The van der Waals surface area contributed by atoms with Gasteiger partial charge >= 0.3 is 0 Å². The van der Waals surface area contributed by atoms with Crippen LogP contribution in [0.4, 0.5) is 0 Å². The van der Waals surface area contributed by atoms with Crippen molar-refractivity contribution in [1.82, 2.24) is 15.3 Å². The largest absolute Gasteiger partial charge is 0.481 e. The molecule has 0 bridgehead atoms. The van der Waals surface area contributed by atoms with Gasteiger partial charge in [0.2, 0.25) is 5.88 Å². The Kier molecular flexibility index (Phi) is 4.81. The number of rotatable bonds is 5. The molecule has 3 N–H and O–H groups in total. The number of aromatic amines is 1. The number of aliphatic hydroxyl groups is 1. The van der Waals surface area contributed by atoms with Crippen LogP contribution in [0.25, 0.3) is 10.9 Å². The van der Waals surface area contributed by atoms with Crippen molar-refractivity contribution in [3.63, 3.8) is 0 Å². The summed E-state index contributed by atoms with van der Waals surface area (Å²) in [6.45, 7) is 4.07. The summed E-state index contributed by atoms with van der Waals surface area (Å²) in [6, 6.07) is 9.29. The molecule has 0 radical (unpaired) electrons. The monoisotopic (exact) mass is 379 g/mol. The molecule has 1 aliphatic carbocycles. The average Bonchev–Trinajstić information content (AvgIpc) is 2.98. The molecule has 0 spiro atoms. The number of nitrogens with zero attached hydrogens (tertiary/aromatic N) is 1. The molecule has 6 nitrogen and oxygen atoms in total. The Morgan fingerprint density at radius 2 is 2.07 bits per heavy atom. The number of nitrogens with one attached hydrogen (secondary N) is 2. The van der Waals surface area contributed by atoms with Crippen LogP contribution in [0, 0.1) is 19.8 Å². The van der Waals surface area contributed by atoms with Crippen LogP contribution in [0.1, 0.15) is 46.1 Å². The first-order valence-electron chi connectivity index (χ1n) is 9.54. The number of hydrogen-bond acceptors (Lipinski definition) is 4. The molecule has 1 aromatic carbocycles. The van der Waals surface area contributed by atoms with E-state index < -0.39 is 0 Å². The summed E-state index contributed by atoms with van der Waals surface area (Å²) in [5, 5.41) is 14.0. The number of para-hydroxylation sites is 1. The second kappa shape index (κ2) is 7.28. The highest BCUT2D eigenvalue weighted by Crippen LogP contribution is 2.38. The number of ether oxygens (including phenoxy) is 1. The van der Waals surface area contributed by atoms with E-state index in [1.807, 2.05) is 31.2 Å². The van der Waals surface area contributed by atoms with Gasteiger partial charge in [-0.25, -0.2) is 4.98 Å². The molecule has 1 fully saturated rings. The Balaban J connectivity index is 1.65. The standard InChI is InChI=1S/C22H25N3O3/c1-12-13(2)24-21-17(12)5-4-6-18(21)22(27)25-20(15-9-16(26)10-15)14-7-8-19(28-3)23-11-14/h4-8,11,15-16,20,24,26H,9-10H2,1-3H3,(H,25,27)/t15?,16?,20-/m0/s1. The third-order valence-corrected chi connectivity index (χ3v) is 5.82. The lowest BCUT2D eigenvalue weighted by Crippen LogP contribution is -2.41. The first-order chi connectivity index (χ1) is 13.5. The molecule has 0 unspecified atom stereocenters. The Bertz CT molecular complexity index is 1000. The summed E-state index contributed by atoms with van der Waals surface area (Å²) < 4.78 is 5.14. The first kappa shape index (κ1) is 18.5. The fourth-order valence-corrected chi connectivity index (χ4v) is 3.96. The van der Waals surface area contributed by atoms with Gasteiger partial charge in [-0.3, -0.25) is 4.79 Å². The van der Waals surface area contributed by atoms with Gasteiger partial charge in [0.05, 0.1) is 30.3 Å². The van der Waals surface area contributed by atoms with Gasteiger partial charge in [0.25, 0.3) is 5.91 Å². The number of methoxy groups -OCH3 is 1. The SMILES string of the molecule is COc1ccc([C@H](NC(=O)c2cccc3c(C)c(C)[nH]c23)C2CC(O)C2)cn1. The minimum Gasteiger partial charge on any atom is -0.481 e. The van der Waals surface area contributed by atoms with Crippen LogP contribution in [0.2, 0.25) is 0 Å². The molecule has 2 heterocycles. The van der Waals surface area contributed by atoms with Crippen LogP contribution in [-0.2, 0) is 0 Å². The van der Waals surface area contributed by atoms with Crippen molar-refractivity contribution in [2.75, 3.05) is 7.11 Å². The number of fused-ring (bicyclic) bond motifs is 1. The number of benzene rings is 1. The molecular weight excluding hydrogens is 354 g/mol. The van der Waals surface area contributed by atoms with Gasteiger partial charge in [-0.1, -0.05) is 18.2 Å². The maximum atomic E-state index is 13.2. The van der Waals surface area contributed by atoms with Crippen LogP contribution in [0.3, 0.4) is 0 Å². The molecule has 6 heteroatoms. The van der Waals surface area contributed by atoms with E-state index in [9.17, 15) is 9.90 Å². The zero-order valence-electron chi connectivity index (χ0n) is 16.3. The zero-order chi connectivity index (χ0) is 19.8. The van der Waals surface area contributed by atoms with Gasteiger partial charge in [-0.05, 0) is 49.8 Å². The molecule has 1 atom stereocenters. The summed E-state index contributed by atoms with van der Waals surface area (Å²) in [5.41, 5.74) is 4.61. The second-order valence-corrected chi connectivity index (χ2v) is 7.57. The van der Waals surface area contributed by atoms with Gasteiger partial charge in [-0.2, -0.15) is 0 Å². The fourth-order valence-electron chi connectivity index (χ4n) is 3.96. The lowest BCUT2D eigenvalue weighted by atomic mass is 9.75. The lowest BCUT2D eigenvalue weighted by Gasteiger charge is -2.38. The minimum atomic E-state index is -0.298. The molecule has 1 amide bonds. The highest BCUT2D eigenvalue weighted by atomic mass is 16.5. The highest BCUT2D eigenvalue weighted by Gasteiger charge is 2.36. The van der Waals surface area contributed by atoms with Crippen molar-refractivity contribution in [3.05, 3.63) is 58.9 Å². The number of hydrogen-bond donors (Lipinski definition) is 3. The normalized spacial score (nSPS) is 19.9. The molecule has 28 heavy (non-hydrogen) atoms. The van der Waals surface area contributed by atoms with Crippen LogP contribution in [0.15, 0.2) is 36.5 Å². The Labute approximate surface area is 163 Å². The predicted molar refractivity (Wildman–Crippen MR) is 107 cm³/mol. The number of amides is 1. The fraction of sp³-hybridized carbons (Fsp3) is 0.364. The molecular formula is C22H25N3O3. The number of aromatic nitrogens is 2. The molecule has 2 aromatic heterocycles. The third kappa shape index (κ3) is 3.24. The average molecular weight is 379 g/mol. The number of pyridine rings is 1. The lowest BCUT2D eigenvalue weighted by molar-refractivity contribution is 0.0235. The Morgan fingerprint density at radius 1 is 1.29 bits per heavy atom. The van der Waals surface area contributed by atoms with Crippen molar-refractivity contribution in [1.29, 1.82) is 0 Å². The number of carbonyl (C=O) groups is 1. The van der Waals surface area contributed by atoms with Crippen LogP contribution >= 0.6 is 0 Å². The third-order valence-electron chi connectivity index (χ3n) is 5.82. The zero-order valence-corrected chi connectivity index (χ0v) is 16.3. The summed E-state index contributed by atoms with van der Waals surface area (Å²) >= 11 is 0. The predicted octanol–water partition coefficient (Wildman–Crippen LogP) is 3.43. The van der Waals surface area contributed by atoms with Gasteiger partial charge in [-0.15, -0.1) is 0 Å². The van der Waals surface area contributed by atoms with Crippen molar-refractivity contribution in [2.45, 2.75) is 38.8 Å². The van der Waals surface area contributed by atoms with E-state index in [4.69, 9.17) is 4.74 Å². The van der Waals surface area contributed by atoms with E-state index in [-0.39, 0.29) is 24.0 Å². The van der Waals surface area contributed by atoms with Gasteiger partial charge in [0.1, 0.15) is 0 Å². The van der Waals surface area contributed by atoms with Crippen molar-refractivity contribution in [3.8, 4) is 5.88 Å².